The second kappa shape index (κ2) is 7.17. The van der Waals surface area contributed by atoms with Crippen LogP contribution >= 0.6 is 0 Å². The van der Waals surface area contributed by atoms with Gasteiger partial charge >= 0.3 is 0 Å². The van der Waals surface area contributed by atoms with Gasteiger partial charge in [-0.2, -0.15) is 0 Å². The summed E-state index contributed by atoms with van der Waals surface area (Å²) in [6, 6.07) is 7.91. The van der Waals surface area contributed by atoms with Gasteiger partial charge < -0.3 is 15.4 Å². The monoisotopic (exact) mass is 236 g/mol. The Hall–Kier alpha value is -1.22. The van der Waals surface area contributed by atoms with Gasteiger partial charge in [-0.05, 0) is 36.6 Å². The van der Waals surface area contributed by atoms with Gasteiger partial charge in [-0.25, -0.2) is 0 Å². The summed E-state index contributed by atoms with van der Waals surface area (Å²) in [4.78, 5) is 2.18. The van der Waals surface area contributed by atoms with E-state index in [2.05, 4.69) is 25.8 Å². The summed E-state index contributed by atoms with van der Waals surface area (Å²) in [5, 5.41) is 0. The number of rotatable bonds is 7. The number of benzene rings is 1. The highest BCUT2D eigenvalue weighted by Gasteiger charge is 2.00. The lowest BCUT2D eigenvalue weighted by atomic mass is 10.1. The minimum Gasteiger partial charge on any atom is -0.399 e. The van der Waals surface area contributed by atoms with Crippen molar-refractivity contribution in [1.29, 1.82) is 0 Å². The lowest BCUT2D eigenvalue weighted by molar-refractivity contribution is 0.130. The van der Waals surface area contributed by atoms with E-state index < -0.39 is 0 Å². The molecule has 0 amide bonds. The van der Waals surface area contributed by atoms with Crippen LogP contribution in [0, 0.1) is 5.92 Å². The van der Waals surface area contributed by atoms with Gasteiger partial charge in [-0.15, -0.1) is 0 Å². The van der Waals surface area contributed by atoms with E-state index in [1.165, 1.54) is 5.69 Å². The summed E-state index contributed by atoms with van der Waals surface area (Å²) in [5.41, 5.74) is 7.63. The number of hydrogen-bond acceptors (Lipinski definition) is 3. The Kier molecular flexibility index (Phi) is 5.84. The van der Waals surface area contributed by atoms with Gasteiger partial charge in [0, 0.05) is 31.6 Å². The first kappa shape index (κ1) is 13.8. The van der Waals surface area contributed by atoms with Gasteiger partial charge in [-0.3, -0.25) is 0 Å². The fourth-order valence-corrected chi connectivity index (χ4v) is 1.48. The molecule has 0 radical (unpaired) electrons. The smallest absolute Gasteiger partial charge is 0.0641 e. The van der Waals surface area contributed by atoms with Gasteiger partial charge in [0.2, 0.25) is 0 Å². The van der Waals surface area contributed by atoms with Crippen molar-refractivity contribution in [2.45, 2.75) is 20.3 Å². The Labute approximate surface area is 105 Å². The molecule has 0 aliphatic heterocycles. The predicted octanol–water partition coefficient (Wildman–Crippen LogP) is 2.77. The van der Waals surface area contributed by atoms with E-state index in [9.17, 15) is 0 Å². The Bertz CT molecular complexity index is 309. The molecule has 0 unspecified atom stereocenters. The lowest BCUT2D eigenvalue weighted by Gasteiger charge is -2.19. The molecule has 3 nitrogen and oxygen atoms in total. The first-order valence-electron chi connectivity index (χ1n) is 6.24. The number of likely N-dealkylation sites (N-methyl/N-ethyl adjacent to an activating group) is 1. The van der Waals surface area contributed by atoms with Crippen molar-refractivity contribution >= 4 is 11.4 Å². The largest absolute Gasteiger partial charge is 0.399 e. The van der Waals surface area contributed by atoms with Crippen LogP contribution in [0.15, 0.2) is 24.3 Å². The van der Waals surface area contributed by atoms with E-state index in [0.717, 1.165) is 31.9 Å². The van der Waals surface area contributed by atoms with E-state index in [-0.39, 0.29) is 0 Å². The summed E-state index contributed by atoms with van der Waals surface area (Å²) < 4.78 is 5.59. The summed E-state index contributed by atoms with van der Waals surface area (Å²) in [7, 11) is 2.07. The molecule has 96 valence electrons. The zero-order chi connectivity index (χ0) is 12.7. The number of hydrogen-bond donors (Lipinski definition) is 1. The fourth-order valence-electron chi connectivity index (χ4n) is 1.48. The first-order valence-corrected chi connectivity index (χ1v) is 6.24. The van der Waals surface area contributed by atoms with Crippen LogP contribution in [0.25, 0.3) is 0 Å². The topological polar surface area (TPSA) is 38.5 Å². The molecule has 1 aromatic carbocycles. The van der Waals surface area contributed by atoms with Crippen LogP contribution in [0.4, 0.5) is 11.4 Å². The Morgan fingerprint density at radius 3 is 2.41 bits per heavy atom. The van der Waals surface area contributed by atoms with Crippen LogP contribution in [-0.2, 0) is 4.74 Å². The molecular formula is C14H24N2O. The second-order valence-corrected chi connectivity index (χ2v) is 4.81. The maximum absolute atomic E-state index is 5.65. The van der Waals surface area contributed by atoms with E-state index in [1.807, 2.05) is 24.3 Å². The highest BCUT2D eigenvalue weighted by molar-refractivity contribution is 5.52. The molecule has 0 aliphatic carbocycles. The molecule has 0 bridgehead atoms. The van der Waals surface area contributed by atoms with E-state index >= 15 is 0 Å². The SMILES string of the molecule is CC(C)CCOCCN(C)c1ccc(N)cc1. The first-order chi connectivity index (χ1) is 8.09. The van der Waals surface area contributed by atoms with E-state index in [0.29, 0.717) is 5.92 Å². The molecule has 0 aliphatic rings. The van der Waals surface area contributed by atoms with Crippen molar-refractivity contribution in [3.63, 3.8) is 0 Å². The van der Waals surface area contributed by atoms with E-state index in [4.69, 9.17) is 10.5 Å². The zero-order valence-electron chi connectivity index (χ0n) is 11.1. The molecule has 0 spiro atoms. The molecule has 0 atom stereocenters. The maximum Gasteiger partial charge on any atom is 0.0641 e. The predicted molar refractivity (Wildman–Crippen MR) is 74.4 cm³/mol. The fraction of sp³-hybridized carbons (Fsp3) is 0.571. The summed E-state index contributed by atoms with van der Waals surface area (Å²) >= 11 is 0. The number of anilines is 2. The highest BCUT2D eigenvalue weighted by atomic mass is 16.5. The van der Waals surface area contributed by atoms with Gasteiger partial charge in [0.15, 0.2) is 0 Å². The Morgan fingerprint density at radius 1 is 1.18 bits per heavy atom. The molecule has 1 aromatic rings. The Morgan fingerprint density at radius 2 is 1.82 bits per heavy atom. The summed E-state index contributed by atoms with van der Waals surface area (Å²) in [5.74, 6) is 0.713. The summed E-state index contributed by atoms with van der Waals surface area (Å²) in [6.07, 6.45) is 1.13. The molecule has 0 saturated heterocycles. The molecule has 0 heterocycles. The highest BCUT2D eigenvalue weighted by Crippen LogP contribution is 2.14. The van der Waals surface area contributed by atoms with Gasteiger partial charge in [0.25, 0.3) is 0 Å². The Balaban J connectivity index is 2.21. The molecule has 2 N–H and O–H groups in total. The van der Waals surface area contributed by atoms with Crippen molar-refractivity contribution in [3.8, 4) is 0 Å². The molecule has 3 heteroatoms. The van der Waals surface area contributed by atoms with Gasteiger partial charge in [-0.1, -0.05) is 13.8 Å². The van der Waals surface area contributed by atoms with Crippen LogP contribution in [0.1, 0.15) is 20.3 Å². The van der Waals surface area contributed by atoms with Crippen LogP contribution in [0.3, 0.4) is 0 Å². The molecule has 17 heavy (non-hydrogen) atoms. The van der Waals surface area contributed by atoms with Crippen LogP contribution in [-0.4, -0.2) is 26.8 Å². The number of nitrogens with zero attached hydrogens (tertiary/aromatic N) is 1. The normalized spacial score (nSPS) is 10.8. The van der Waals surface area contributed by atoms with Gasteiger partial charge in [0.1, 0.15) is 0 Å². The number of nitrogen functional groups attached to an aromatic ring is 1. The summed E-state index contributed by atoms with van der Waals surface area (Å²) in [6.45, 7) is 6.95. The van der Waals surface area contributed by atoms with Crippen LogP contribution in [0.5, 0.6) is 0 Å². The average molecular weight is 236 g/mol. The standard InChI is InChI=1S/C14H24N2O/c1-12(2)8-10-17-11-9-16(3)14-6-4-13(15)5-7-14/h4-7,12H,8-11,15H2,1-3H3. The van der Waals surface area contributed by atoms with Crippen molar-refractivity contribution in [3.05, 3.63) is 24.3 Å². The molecule has 0 saturated carbocycles. The lowest BCUT2D eigenvalue weighted by Crippen LogP contribution is -2.22. The van der Waals surface area contributed by atoms with Crippen molar-refractivity contribution < 1.29 is 4.74 Å². The number of ether oxygens (including phenoxy) is 1. The average Bonchev–Trinajstić information content (AvgIpc) is 2.29. The number of nitrogens with two attached hydrogens (primary N) is 1. The van der Waals surface area contributed by atoms with Crippen molar-refractivity contribution in [2.75, 3.05) is 37.4 Å². The minimum absolute atomic E-state index is 0.713. The molecule has 0 aromatic heterocycles. The zero-order valence-corrected chi connectivity index (χ0v) is 11.1. The molecule has 1 rings (SSSR count). The maximum atomic E-state index is 5.65. The minimum atomic E-state index is 0.713. The third-order valence-corrected chi connectivity index (χ3v) is 2.74. The van der Waals surface area contributed by atoms with Crippen LogP contribution < -0.4 is 10.6 Å². The van der Waals surface area contributed by atoms with Crippen molar-refractivity contribution in [2.24, 2.45) is 5.92 Å². The second-order valence-electron chi connectivity index (χ2n) is 4.81. The third kappa shape index (κ3) is 5.59. The van der Waals surface area contributed by atoms with Crippen molar-refractivity contribution in [1.82, 2.24) is 0 Å². The third-order valence-electron chi connectivity index (χ3n) is 2.74. The molecular weight excluding hydrogens is 212 g/mol. The van der Waals surface area contributed by atoms with Gasteiger partial charge in [0.05, 0.1) is 6.61 Å². The molecule has 0 fully saturated rings. The quantitative estimate of drug-likeness (QED) is 0.584. The van der Waals surface area contributed by atoms with Crippen LogP contribution in [0.2, 0.25) is 0 Å². The van der Waals surface area contributed by atoms with E-state index in [1.54, 1.807) is 0 Å².